The molecular weight excluding hydrogens is 154 g/mol. The van der Waals surface area contributed by atoms with Crippen molar-refractivity contribution < 1.29 is 14.1 Å². The number of esters is 1. The number of hydrogen-bond acceptors (Lipinski definition) is 2. The van der Waals surface area contributed by atoms with Gasteiger partial charge in [-0.05, 0) is 6.07 Å². The molecule has 12 heavy (non-hydrogen) atoms. The van der Waals surface area contributed by atoms with Crippen LogP contribution in [0.25, 0.3) is 0 Å². The molecule has 0 N–H and O–H groups in total. The Morgan fingerprint density at radius 2 is 2.42 bits per heavy atom. The minimum atomic E-state index is -0.395. The lowest BCUT2D eigenvalue weighted by molar-refractivity contribution is -0.674. The standard InChI is InChI=1S/C9H10NO2/c1-3-12-9(11)8-6-4-5-7-10(8)2/h3-7H,1H2,2H3/q+1. The Hall–Kier alpha value is -1.64. The van der Waals surface area contributed by atoms with Crippen LogP contribution in [0.15, 0.2) is 37.2 Å². The molecule has 0 aliphatic rings. The van der Waals surface area contributed by atoms with Crippen LogP contribution in [-0.4, -0.2) is 5.97 Å². The van der Waals surface area contributed by atoms with Gasteiger partial charge in [0.05, 0.1) is 6.26 Å². The van der Waals surface area contributed by atoms with Crippen molar-refractivity contribution in [2.75, 3.05) is 0 Å². The number of nitrogens with zero attached hydrogens (tertiary/aromatic N) is 1. The molecule has 1 aromatic rings. The molecule has 0 saturated heterocycles. The van der Waals surface area contributed by atoms with Gasteiger partial charge >= 0.3 is 5.97 Å². The zero-order valence-corrected chi connectivity index (χ0v) is 6.86. The summed E-state index contributed by atoms with van der Waals surface area (Å²) in [6.07, 6.45) is 2.90. The van der Waals surface area contributed by atoms with Gasteiger partial charge in [0.25, 0.3) is 5.69 Å². The third kappa shape index (κ3) is 1.69. The van der Waals surface area contributed by atoms with Crippen LogP contribution < -0.4 is 4.57 Å². The number of ether oxygens (including phenoxy) is 1. The lowest BCUT2D eigenvalue weighted by atomic mass is 10.3. The third-order valence-corrected chi connectivity index (χ3v) is 1.45. The molecule has 3 heteroatoms. The van der Waals surface area contributed by atoms with Crippen molar-refractivity contribution in [2.45, 2.75) is 0 Å². The normalized spacial score (nSPS) is 9.08. The second-order valence-electron chi connectivity index (χ2n) is 2.27. The monoisotopic (exact) mass is 164 g/mol. The summed E-state index contributed by atoms with van der Waals surface area (Å²) in [5.41, 5.74) is 0.498. The number of rotatable bonds is 2. The first-order valence-electron chi connectivity index (χ1n) is 3.52. The van der Waals surface area contributed by atoms with Crippen LogP contribution in [-0.2, 0) is 11.8 Å². The molecule has 0 aliphatic carbocycles. The van der Waals surface area contributed by atoms with Gasteiger partial charge in [0.2, 0.25) is 0 Å². The molecule has 0 unspecified atom stereocenters. The van der Waals surface area contributed by atoms with E-state index in [2.05, 4.69) is 11.3 Å². The van der Waals surface area contributed by atoms with Crippen molar-refractivity contribution >= 4 is 5.97 Å². The maximum Gasteiger partial charge on any atom is 0.408 e. The molecule has 0 fully saturated rings. The predicted molar refractivity (Wildman–Crippen MR) is 43.2 cm³/mol. The number of aryl methyl sites for hydroxylation is 1. The first kappa shape index (κ1) is 8.46. The predicted octanol–water partition coefficient (Wildman–Crippen LogP) is 0.811. The van der Waals surface area contributed by atoms with Crippen LogP contribution in [0.5, 0.6) is 0 Å². The van der Waals surface area contributed by atoms with E-state index < -0.39 is 5.97 Å². The van der Waals surface area contributed by atoms with E-state index in [-0.39, 0.29) is 0 Å². The maximum absolute atomic E-state index is 11.2. The molecule has 0 bridgehead atoms. The highest BCUT2D eigenvalue weighted by Gasteiger charge is 2.15. The van der Waals surface area contributed by atoms with E-state index in [1.807, 2.05) is 6.07 Å². The summed E-state index contributed by atoms with van der Waals surface area (Å²) < 4.78 is 6.30. The Balaban J connectivity index is 2.94. The zero-order chi connectivity index (χ0) is 8.97. The summed E-state index contributed by atoms with van der Waals surface area (Å²) in [5.74, 6) is -0.395. The third-order valence-electron chi connectivity index (χ3n) is 1.45. The minimum Gasteiger partial charge on any atom is -0.427 e. The average molecular weight is 164 g/mol. The summed E-state index contributed by atoms with van der Waals surface area (Å²) in [7, 11) is 1.78. The molecule has 0 aromatic carbocycles. The molecule has 62 valence electrons. The highest BCUT2D eigenvalue weighted by Crippen LogP contribution is 1.93. The van der Waals surface area contributed by atoms with Crippen molar-refractivity contribution in [1.82, 2.24) is 0 Å². The van der Waals surface area contributed by atoms with Crippen LogP contribution in [0.2, 0.25) is 0 Å². The zero-order valence-electron chi connectivity index (χ0n) is 6.86. The van der Waals surface area contributed by atoms with Gasteiger partial charge in [-0.25, -0.2) is 4.79 Å². The quantitative estimate of drug-likeness (QED) is 0.368. The Bertz CT molecular complexity index is 307. The van der Waals surface area contributed by atoms with Gasteiger partial charge < -0.3 is 4.74 Å². The molecule has 0 atom stereocenters. The summed E-state index contributed by atoms with van der Waals surface area (Å²) in [6.45, 7) is 3.30. The van der Waals surface area contributed by atoms with Crippen LogP contribution in [0.1, 0.15) is 10.5 Å². The molecule has 1 rings (SSSR count). The molecule has 0 saturated carbocycles. The molecule has 0 amide bonds. The number of carbonyl (C=O) groups excluding carboxylic acids is 1. The fourth-order valence-electron chi connectivity index (χ4n) is 0.871. The van der Waals surface area contributed by atoms with Crippen molar-refractivity contribution in [3.63, 3.8) is 0 Å². The lowest BCUT2D eigenvalue weighted by Gasteiger charge is -1.95. The van der Waals surface area contributed by atoms with Gasteiger partial charge in [-0.2, -0.15) is 4.57 Å². The van der Waals surface area contributed by atoms with Crippen LogP contribution in [0.4, 0.5) is 0 Å². The average Bonchev–Trinajstić information content (AvgIpc) is 2.05. The summed E-state index contributed by atoms with van der Waals surface area (Å²) in [4.78, 5) is 11.2. The SMILES string of the molecule is C=COC(=O)c1cccc[n+]1C. The Morgan fingerprint density at radius 1 is 1.67 bits per heavy atom. The van der Waals surface area contributed by atoms with Gasteiger partial charge in [-0.15, -0.1) is 0 Å². The van der Waals surface area contributed by atoms with Gasteiger partial charge in [-0.1, -0.05) is 6.58 Å². The fraction of sp³-hybridized carbons (Fsp3) is 0.111. The minimum absolute atomic E-state index is 0.395. The van der Waals surface area contributed by atoms with Gasteiger partial charge in [-0.3, -0.25) is 0 Å². The highest BCUT2D eigenvalue weighted by atomic mass is 16.5. The van der Waals surface area contributed by atoms with E-state index in [1.54, 1.807) is 29.9 Å². The molecule has 0 aliphatic heterocycles. The van der Waals surface area contributed by atoms with Crippen molar-refractivity contribution in [3.05, 3.63) is 42.9 Å². The van der Waals surface area contributed by atoms with Crippen molar-refractivity contribution in [3.8, 4) is 0 Å². The van der Waals surface area contributed by atoms with Crippen LogP contribution in [0.3, 0.4) is 0 Å². The molecular formula is C9H10NO2+. The van der Waals surface area contributed by atoms with Crippen molar-refractivity contribution in [1.29, 1.82) is 0 Å². The fourth-order valence-corrected chi connectivity index (χ4v) is 0.871. The molecule has 1 aromatic heterocycles. The van der Waals surface area contributed by atoms with E-state index in [0.717, 1.165) is 6.26 Å². The number of carbonyl (C=O) groups is 1. The van der Waals surface area contributed by atoms with E-state index >= 15 is 0 Å². The molecule has 0 radical (unpaired) electrons. The summed E-state index contributed by atoms with van der Waals surface area (Å²) in [5, 5.41) is 0. The van der Waals surface area contributed by atoms with E-state index in [4.69, 9.17) is 0 Å². The Labute approximate surface area is 70.9 Å². The van der Waals surface area contributed by atoms with Gasteiger partial charge in [0, 0.05) is 12.1 Å². The summed E-state index contributed by atoms with van der Waals surface area (Å²) >= 11 is 0. The molecule has 1 heterocycles. The van der Waals surface area contributed by atoms with Crippen molar-refractivity contribution in [2.24, 2.45) is 7.05 Å². The van der Waals surface area contributed by atoms with Gasteiger partial charge in [0.1, 0.15) is 7.05 Å². The Morgan fingerprint density at radius 3 is 3.00 bits per heavy atom. The van der Waals surface area contributed by atoms with E-state index in [9.17, 15) is 4.79 Å². The lowest BCUT2D eigenvalue weighted by Crippen LogP contribution is -2.35. The second-order valence-corrected chi connectivity index (χ2v) is 2.27. The molecule has 3 nitrogen and oxygen atoms in total. The highest BCUT2D eigenvalue weighted by molar-refractivity contribution is 5.85. The van der Waals surface area contributed by atoms with Crippen LogP contribution >= 0.6 is 0 Å². The number of pyridine rings is 1. The first-order chi connectivity index (χ1) is 5.75. The number of hydrogen-bond donors (Lipinski definition) is 0. The van der Waals surface area contributed by atoms with E-state index in [0.29, 0.717) is 5.69 Å². The molecule has 0 spiro atoms. The summed E-state index contributed by atoms with van der Waals surface area (Å²) in [6, 6.07) is 5.30. The van der Waals surface area contributed by atoms with E-state index in [1.165, 1.54) is 0 Å². The maximum atomic E-state index is 11.2. The first-order valence-corrected chi connectivity index (χ1v) is 3.52. The van der Waals surface area contributed by atoms with Crippen LogP contribution in [0, 0.1) is 0 Å². The smallest absolute Gasteiger partial charge is 0.408 e. The van der Waals surface area contributed by atoms with Gasteiger partial charge in [0.15, 0.2) is 6.20 Å². The largest absolute Gasteiger partial charge is 0.427 e. The second kappa shape index (κ2) is 3.67. The topological polar surface area (TPSA) is 30.2 Å². The Kier molecular flexibility index (Phi) is 2.58. The number of aromatic nitrogens is 1.